The molecule has 2 unspecified atom stereocenters. The second-order valence-corrected chi connectivity index (χ2v) is 4.60. The van der Waals surface area contributed by atoms with Crippen molar-refractivity contribution in [1.29, 1.82) is 0 Å². The Hall–Kier alpha value is -0.140. The zero-order valence-electron chi connectivity index (χ0n) is 7.84. The lowest BCUT2D eigenvalue weighted by Crippen LogP contribution is -2.21. The van der Waals surface area contributed by atoms with Crippen LogP contribution in [-0.4, -0.2) is 34.7 Å². The largest absolute Gasteiger partial charge is 0.522 e. The molecule has 0 aromatic carbocycles. The van der Waals surface area contributed by atoms with Crippen LogP contribution in [0.5, 0.6) is 0 Å². The van der Waals surface area contributed by atoms with Gasteiger partial charge < -0.3 is 5.73 Å². The van der Waals surface area contributed by atoms with E-state index < -0.39 is 23.8 Å². The molecule has 0 spiro atoms. The molecular weight excluding hydrogens is 219 g/mol. The van der Waals surface area contributed by atoms with Crippen molar-refractivity contribution in [2.75, 3.05) is 18.1 Å². The first-order valence-electron chi connectivity index (χ1n) is 4.12. The van der Waals surface area contributed by atoms with Crippen molar-refractivity contribution in [3.05, 3.63) is 0 Å². The first kappa shape index (κ1) is 13.9. The van der Waals surface area contributed by atoms with Gasteiger partial charge in [-0.3, -0.25) is 8.95 Å². The van der Waals surface area contributed by atoms with Crippen molar-refractivity contribution in [2.45, 2.75) is 25.7 Å². The van der Waals surface area contributed by atoms with Gasteiger partial charge in [0.1, 0.15) is 0 Å². The molecule has 0 aliphatic carbocycles. The quantitative estimate of drug-likeness (QED) is 0.745. The van der Waals surface area contributed by atoms with Crippen molar-refractivity contribution in [3.63, 3.8) is 0 Å². The molecule has 0 saturated carbocycles. The summed E-state index contributed by atoms with van der Waals surface area (Å²) in [7, 11) is -1.28. The number of alkyl halides is 3. The lowest BCUT2D eigenvalue weighted by atomic mass is 10.3. The summed E-state index contributed by atoms with van der Waals surface area (Å²) in [5.41, 5.74) is 5.39. The second-order valence-electron chi connectivity index (χ2n) is 2.91. The molecule has 0 fully saturated rings. The Balaban J connectivity index is 3.46. The summed E-state index contributed by atoms with van der Waals surface area (Å²) >= 11 is 0. The van der Waals surface area contributed by atoms with Crippen LogP contribution >= 0.6 is 0 Å². The number of ether oxygens (including phenoxy) is 1. The van der Waals surface area contributed by atoms with Crippen molar-refractivity contribution in [1.82, 2.24) is 0 Å². The van der Waals surface area contributed by atoms with Crippen molar-refractivity contribution < 1.29 is 22.1 Å². The van der Waals surface area contributed by atoms with Gasteiger partial charge in [-0.25, -0.2) is 0 Å². The Morgan fingerprint density at radius 2 is 2.00 bits per heavy atom. The molecule has 0 aromatic rings. The number of hydrogen-bond acceptors (Lipinski definition) is 3. The Labute approximate surface area is 83.3 Å². The normalized spacial score (nSPS) is 16.6. The summed E-state index contributed by atoms with van der Waals surface area (Å²) in [5, 5.41) is 0. The molecule has 0 amide bonds. The highest BCUT2D eigenvalue weighted by Gasteiger charge is 2.28. The van der Waals surface area contributed by atoms with Crippen molar-refractivity contribution in [3.8, 4) is 0 Å². The predicted molar refractivity (Wildman–Crippen MR) is 48.1 cm³/mol. The van der Waals surface area contributed by atoms with Crippen LogP contribution in [0.15, 0.2) is 0 Å². The van der Waals surface area contributed by atoms with E-state index in [9.17, 15) is 17.4 Å². The molecule has 0 bridgehead atoms. The summed E-state index contributed by atoms with van der Waals surface area (Å²) in [5.74, 6) is 0.213. The van der Waals surface area contributed by atoms with E-state index in [0.29, 0.717) is 12.2 Å². The number of hydrogen-bond donors (Lipinski definition) is 1. The molecule has 0 saturated heterocycles. The first-order chi connectivity index (χ1) is 6.31. The second kappa shape index (κ2) is 6.36. The van der Waals surface area contributed by atoms with Crippen LogP contribution in [0, 0.1) is 0 Å². The third kappa shape index (κ3) is 9.94. The molecule has 0 radical (unpaired) electrons. The maximum absolute atomic E-state index is 11.5. The Morgan fingerprint density at radius 3 is 2.43 bits per heavy atom. The van der Waals surface area contributed by atoms with Crippen LogP contribution < -0.4 is 5.73 Å². The Bertz CT molecular complexity index is 184. The van der Waals surface area contributed by atoms with E-state index >= 15 is 0 Å². The Morgan fingerprint density at radius 1 is 1.43 bits per heavy atom. The van der Waals surface area contributed by atoms with Crippen LogP contribution in [0.3, 0.4) is 0 Å². The zero-order valence-corrected chi connectivity index (χ0v) is 8.66. The predicted octanol–water partition coefficient (Wildman–Crippen LogP) is 1.01. The summed E-state index contributed by atoms with van der Waals surface area (Å²) in [6, 6.07) is -0.0810. The number of rotatable bonds is 6. The standard InChI is InChI=1S/C7H14F3NO2S/c1-6(11)2-4-14(12)5-3-13-7(8,9)10/h6H,2-5,11H2,1H3. The van der Waals surface area contributed by atoms with Gasteiger partial charge in [-0.05, 0) is 13.3 Å². The zero-order chi connectivity index (χ0) is 11.2. The molecule has 86 valence electrons. The lowest BCUT2D eigenvalue weighted by Gasteiger charge is -2.07. The fourth-order valence-electron chi connectivity index (χ4n) is 0.670. The molecule has 0 heterocycles. The van der Waals surface area contributed by atoms with Gasteiger partial charge in [0.05, 0.1) is 6.61 Å². The first-order valence-corrected chi connectivity index (χ1v) is 5.61. The molecule has 3 nitrogen and oxygen atoms in total. The highest BCUT2D eigenvalue weighted by molar-refractivity contribution is 7.84. The van der Waals surface area contributed by atoms with Gasteiger partial charge >= 0.3 is 6.36 Å². The molecule has 7 heteroatoms. The summed E-state index contributed by atoms with van der Waals surface area (Å²) in [4.78, 5) is 0. The van der Waals surface area contributed by atoms with E-state index in [0.717, 1.165) is 0 Å². The third-order valence-corrected chi connectivity index (χ3v) is 2.69. The maximum atomic E-state index is 11.5. The average molecular weight is 233 g/mol. The fraction of sp³-hybridized carbons (Fsp3) is 1.00. The molecule has 2 atom stereocenters. The minimum atomic E-state index is -4.63. The lowest BCUT2D eigenvalue weighted by molar-refractivity contribution is -0.322. The minimum absolute atomic E-state index is 0.0810. The van der Waals surface area contributed by atoms with Crippen LogP contribution in [0.2, 0.25) is 0 Å². The van der Waals surface area contributed by atoms with Gasteiger partial charge in [-0.15, -0.1) is 13.2 Å². The molecule has 0 aliphatic rings. The van der Waals surface area contributed by atoms with E-state index in [4.69, 9.17) is 5.73 Å². The van der Waals surface area contributed by atoms with Crippen molar-refractivity contribution in [2.24, 2.45) is 5.73 Å². The highest BCUT2D eigenvalue weighted by atomic mass is 32.2. The van der Waals surface area contributed by atoms with Gasteiger partial charge in [-0.1, -0.05) is 0 Å². The summed E-state index contributed by atoms with van der Waals surface area (Å²) < 4.78 is 49.0. The molecule has 0 rings (SSSR count). The topological polar surface area (TPSA) is 52.3 Å². The third-order valence-electron chi connectivity index (χ3n) is 1.38. The van der Waals surface area contributed by atoms with Gasteiger partial charge in [0.25, 0.3) is 0 Å². The van der Waals surface area contributed by atoms with Crippen LogP contribution in [-0.2, 0) is 15.5 Å². The van der Waals surface area contributed by atoms with Gasteiger partial charge in [0.2, 0.25) is 0 Å². The summed E-state index contributed by atoms with van der Waals surface area (Å²) in [6.45, 7) is 1.19. The molecule has 2 N–H and O–H groups in total. The smallest absolute Gasteiger partial charge is 0.328 e. The van der Waals surface area contributed by atoms with Crippen LogP contribution in [0.25, 0.3) is 0 Å². The molecule has 0 aliphatic heterocycles. The molecular formula is C7H14F3NO2S. The van der Waals surface area contributed by atoms with E-state index in [1.807, 2.05) is 0 Å². The van der Waals surface area contributed by atoms with Crippen LogP contribution in [0.1, 0.15) is 13.3 Å². The van der Waals surface area contributed by atoms with E-state index in [2.05, 4.69) is 4.74 Å². The Kier molecular flexibility index (Phi) is 6.30. The maximum Gasteiger partial charge on any atom is 0.522 e. The van der Waals surface area contributed by atoms with Gasteiger partial charge in [0, 0.05) is 28.3 Å². The van der Waals surface area contributed by atoms with E-state index in [-0.39, 0.29) is 11.8 Å². The molecule has 0 aromatic heterocycles. The van der Waals surface area contributed by atoms with Gasteiger partial charge in [0.15, 0.2) is 0 Å². The average Bonchev–Trinajstić information content (AvgIpc) is 1.98. The fourth-order valence-corrected chi connectivity index (χ4v) is 1.78. The minimum Gasteiger partial charge on any atom is -0.328 e. The SMILES string of the molecule is CC(N)CCS(=O)CCOC(F)(F)F. The van der Waals surface area contributed by atoms with Crippen LogP contribution in [0.4, 0.5) is 13.2 Å². The number of nitrogens with two attached hydrogens (primary N) is 1. The summed E-state index contributed by atoms with van der Waals surface area (Å²) in [6.07, 6.45) is -4.09. The van der Waals surface area contributed by atoms with E-state index in [1.165, 1.54) is 0 Å². The molecule has 14 heavy (non-hydrogen) atoms. The van der Waals surface area contributed by atoms with Crippen molar-refractivity contribution >= 4 is 10.8 Å². The monoisotopic (exact) mass is 233 g/mol. The van der Waals surface area contributed by atoms with E-state index in [1.54, 1.807) is 6.92 Å². The van der Waals surface area contributed by atoms with Gasteiger partial charge in [-0.2, -0.15) is 0 Å². The number of halogens is 3. The highest BCUT2D eigenvalue weighted by Crippen LogP contribution is 2.15.